The summed E-state index contributed by atoms with van der Waals surface area (Å²) >= 11 is 0. The van der Waals surface area contributed by atoms with Crippen LogP contribution in [0, 0.1) is 6.92 Å². The Hall–Kier alpha value is -1.76. The number of nitrogens with zero attached hydrogens (tertiary/aromatic N) is 2. The predicted molar refractivity (Wildman–Crippen MR) is 64.6 cm³/mol. The Bertz CT molecular complexity index is 733. The van der Waals surface area contributed by atoms with Gasteiger partial charge in [0.05, 0.1) is 5.52 Å². The second-order valence-electron chi connectivity index (χ2n) is 4.19. The van der Waals surface area contributed by atoms with Crippen molar-refractivity contribution >= 4 is 21.4 Å². The summed E-state index contributed by atoms with van der Waals surface area (Å²) in [6.07, 6.45) is 1.48. The first-order valence-corrected chi connectivity index (χ1v) is 7.00. The lowest BCUT2D eigenvalue weighted by Gasteiger charge is -2.14. The average Bonchev–Trinajstić information content (AvgIpc) is 2.61. The molecule has 0 saturated carbocycles. The summed E-state index contributed by atoms with van der Waals surface area (Å²) in [5.41, 5.74) is 2.06. The van der Waals surface area contributed by atoms with E-state index in [1.165, 1.54) is 4.73 Å². The smallest absolute Gasteiger partial charge is 0.351 e. The highest BCUT2D eigenvalue weighted by Gasteiger charge is 2.27. The van der Waals surface area contributed by atoms with Crippen LogP contribution in [0.5, 0.6) is 5.75 Å². The van der Waals surface area contributed by atoms with Gasteiger partial charge < -0.3 is 4.18 Å². The summed E-state index contributed by atoms with van der Waals surface area (Å²) in [5, 5.41) is 0. The van der Waals surface area contributed by atoms with Crippen LogP contribution in [0.1, 0.15) is 24.7 Å². The molecule has 0 aliphatic carbocycles. The molecule has 1 aromatic heterocycles. The Labute approximate surface area is 104 Å². The van der Waals surface area contributed by atoms with Gasteiger partial charge in [-0.25, -0.2) is 4.98 Å². The van der Waals surface area contributed by atoms with Gasteiger partial charge in [-0.1, -0.05) is 6.92 Å². The van der Waals surface area contributed by atoms with E-state index >= 15 is 0 Å². The summed E-state index contributed by atoms with van der Waals surface area (Å²) in [6.45, 7) is 3.78. The Morgan fingerprint density at radius 1 is 1.39 bits per heavy atom. The molecule has 1 aromatic carbocycles. The molecule has 0 N–H and O–H groups in total. The first-order chi connectivity index (χ1) is 8.52. The monoisotopic (exact) mass is 268 g/mol. The molecule has 0 amide bonds. The van der Waals surface area contributed by atoms with Crippen LogP contribution in [0.25, 0.3) is 11.0 Å². The minimum atomic E-state index is -4.09. The van der Waals surface area contributed by atoms with Crippen LogP contribution in [0.3, 0.4) is 0 Å². The molecule has 2 aliphatic heterocycles. The number of benzene rings is 1. The molecule has 2 aromatic rings. The predicted octanol–water partition coefficient (Wildman–Crippen LogP) is 1.36. The van der Waals surface area contributed by atoms with Gasteiger partial charge in [-0.3, -0.25) is 4.28 Å². The molecule has 0 unspecified atom stereocenters. The molecule has 0 fully saturated rings. The third-order valence-electron chi connectivity index (χ3n) is 2.89. The van der Waals surface area contributed by atoms with Gasteiger partial charge >= 0.3 is 10.4 Å². The van der Waals surface area contributed by atoms with Gasteiger partial charge in [-0.05, 0) is 25.5 Å². The van der Waals surface area contributed by atoms with Crippen molar-refractivity contribution in [3.63, 3.8) is 0 Å². The van der Waals surface area contributed by atoms with Crippen LogP contribution >= 0.6 is 0 Å². The van der Waals surface area contributed by atoms with Crippen molar-refractivity contribution in [3.8, 4) is 5.75 Å². The van der Waals surface area contributed by atoms with Gasteiger partial charge in [0.1, 0.15) is 11.3 Å². The summed E-state index contributed by atoms with van der Waals surface area (Å²) in [5.74, 6) is 0.844. The number of hydrogen-bond acceptors (Lipinski definition) is 5. The lowest BCUT2D eigenvalue weighted by atomic mass is 10.2. The molecule has 6 nitrogen and oxygen atoms in total. The molecule has 7 heteroatoms. The summed E-state index contributed by atoms with van der Waals surface area (Å²) in [4.78, 5) is 4.43. The van der Waals surface area contributed by atoms with Crippen LogP contribution in [0.2, 0.25) is 0 Å². The van der Waals surface area contributed by atoms with Crippen molar-refractivity contribution in [2.75, 3.05) is 0 Å². The van der Waals surface area contributed by atoms with Crippen LogP contribution in [-0.4, -0.2) is 18.1 Å². The topological polar surface area (TPSA) is 70.4 Å². The van der Waals surface area contributed by atoms with Crippen LogP contribution in [0.15, 0.2) is 12.1 Å². The Kier molecular flexibility index (Phi) is 2.28. The Morgan fingerprint density at radius 3 is 2.89 bits per heavy atom. The van der Waals surface area contributed by atoms with E-state index in [0.717, 1.165) is 6.42 Å². The van der Waals surface area contributed by atoms with Gasteiger partial charge in [-0.15, -0.1) is 13.1 Å². The minimum Gasteiger partial charge on any atom is -0.351 e. The summed E-state index contributed by atoms with van der Waals surface area (Å²) in [6, 6.07) is 3.37. The van der Waals surface area contributed by atoms with Gasteiger partial charge in [0.15, 0.2) is 5.75 Å². The SMILES string of the molecule is CCCc1nc2c(C)c3ccc2n1OS(=O)(=O)O3. The molecule has 0 radical (unpaired) electrons. The first kappa shape index (κ1) is 11.3. The number of hydrogen-bond donors (Lipinski definition) is 0. The number of aromatic nitrogens is 2. The maximum atomic E-state index is 11.7. The highest BCUT2D eigenvalue weighted by atomic mass is 32.3. The van der Waals surface area contributed by atoms with Gasteiger partial charge in [-0.2, -0.15) is 0 Å². The van der Waals surface area contributed by atoms with Crippen molar-refractivity contribution in [2.24, 2.45) is 0 Å². The zero-order chi connectivity index (χ0) is 12.9. The third-order valence-corrected chi connectivity index (χ3v) is 3.60. The maximum absolute atomic E-state index is 11.7. The zero-order valence-corrected chi connectivity index (χ0v) is 10.8. The Balaban J connectivity index is 2.39. The molecule has 2 aliphatic rings. The lowest BCUT2D eigenvalue weighted by molar-refractivity contribution is 0.242. The number of fused-ring (bicyclic) bond motifs is 3. The fraction of sp³-hybridized carbons (Fsp3) is 0.364. The maximum Gasteiger partial charge on any atom is 0.520 e. The highest BCUT2D eigenvalue weighted by Crippen LogP contribution is 2.30. The summed E-state index contributed by atoms with van der Waals surface area (Å²) < 4.78 is 34.4. The van der Waals surface area contributed by atoms with E-state index in [2.05, 4.69) is 4.98 Å². The fourth-order valence-corrected chi connectivity index (χ4v) is 2.84. The molecular formula is C11H12N2O4S. The quantitative estimate of drug-likeness (QED) is 0.822. The highest BCUT2D eigenvalue weighted by molar-refractivity contribution is 7.82. The fourth-order valence-electron chi connectivity index (χ4n) is 2.06. The largest absolute Gasteiger partial charge is 0.520 e. The standard InChI is InChI=1S/C11H12N2O4S/c1-3-4-10-12-11-7(2)9-6-5-8(11)13(10)17-18(14,15)16-9/h5-6H,3-4H2,1-2H3. The summed E-state index contributed by atoms with van der Waals surface area (Å²) in [7, 11) is -4.09. The third kappa shape index (κ3) is 1.54. The van der Waals surface area contributed by atoms with E-state index in [9.17, 15) is 8.42 Å². The molecule has 96 valence electrons. The van der Waals surface area contributed by atoms with E-state index < -0.39 is 10.4 Å². The van der Waals surface area contributed by atoms with Gasteiger partial charge in [0, 0.05) is 12.0 Å². The van der Waals surface area contributed by atoms with E-state index in [4.69, 9.17) is 8.47 Å². The van der Waals surface area contributed by atoms with E-state index in [1.54, 1.807) is 19.1 Å². The number of rotatable bonds is 2. The molecule has 4 bridgehead atoms. The van der Waals surface area contributed by atoms with Gasteiger partial charge in [0.2, 0.25) is 0 Å². The molecular weight excluding hydrogens is 256 g/mol. The lowest BCUT2D eigenvalue weighted by Crippen LogP contribution is -2.27. The second kappa shape index (κ2) is 3.61. The van der Waals surface area contributed by atoms with E-state index in [1.807, 2.05) is 6.92 Å². The second-order valence-corrected chi connectivity index (χ2v) is 5.33. The normalized spacial score (nSPS) is 16.3. The molecule has 0 saturated heterocycles. The van der Waals surface area contributed by atoms with Crippen molar-refractivity contribution in [1.82, 2.24) is 9.71 Å². The first-order valence-electron chi connectivity index (χ1n) is 5.67. The molecule has 18 heavy (non-hydrogen) atoms. The minimum absolute atomic E-state index is 0.259. The van der Waals surface area contributed by atoms with Crippen molar-refractivity contribution in [3.05, 3.63) is 23.5 Å². The van der Waals surface area contributed by atoms with Crippen molar-refractivity contribution in [1.29, 1.82) is 0 Å². The number of imidazole rings is 1. The van der Waals surface area contributed by atoms with E-state index in [-0.39, 0.29) is 5.75 Å². The Morgan fingerprint density at radius 2 is 2.17 bits per heavy atom. The van der Waals surface area contributed by atoms with Crippen molar-refractivity contribution < 1.29 is 16.9 Å². The zero-order valence-electron chi connectivity index (χ0n) is 10.0. The van der Waals surface area contributed by atoms with Crippen molar-refractivity contribution in [2.45, 2.75) is 26.7 Å². The van der Waals surface area contributed by atoms with Gasteiger partial charge in [0.25, 0.3) is 0 Å². The molecule has 3 heterocycles. The molecule has 0 atom stereocenters. The average molecular weight is 268 g/mol. The number of aryl methyl sites for hydroxylation is 2. The molecule has 4 rings (SSSR count). The van der Waals surface area contributed by atoms with Crippen LogP contribution < -0.4 is 8.47 Å². The van der Waals surface area contributed by atoms with Crippen LogP contribution in [-0.2, 0) is 16.8 Å². The van der Waals surface area contributed by atoms with E-state index in [0.29, 0.717) is 28.8 Å². The molecule has 0 spiro atoms. The van der Waals surface area contributed by atoms with Crippen LogP contribution in [0.4, 0.5) is 0 Å².